The molecule has 1 aliphatic heterocycles. The summed E-state index contributed by atoms with van der Waals surface area (Å²) >= 11 is 1.48. The highest BCUT2D eigenvalue weighted by molar-refractivity contribution is 7.09. The van der Waals surface area contributed by atoms with Crippen LogP contribution in [0.3, 0.4) is 0 Å². The van der Waals surface area contributed by atoms with Crippen LogP contribution in [0.5, 0.6) is 0 Å². The summed E-state index contributed by atoms with van der Waals surface area (Å²) in [5.41, 5.74) is 0. The number of thiophene rings is 1. The molecule has 0 saturated carbocycles. The fraction of sp³-hybridized carbons (Fsp3) is 0.600. The fourth-order valence-electron chi connectivity index (χ4n) is 1.79. The van der Waals surface area contributed by atoms with E-state index in [9.17, 15) is 4.39 Å². The van der Waals surface area contributed by atoms with Crippen molar-refractivity contribution in [2.75, 3.05) is 20.1 Å². The van der Waals surface area contributed by atoms with Crippen molar-refractivity contribution in [2.45, 2.75) is 19.0 Å². The third-order valence-corrected chi connectivity index (χ3v) is 3.53. The van der Waals surface area contributed by atoms with E-state index in [1.807, 2.05) is 0 Å². The zero-order valence-corrected chi connectivity index (χ0v) is 9.11. The van der Waals surface area contributed by atoms with Crippen LogP contribution >= 0.6 is 11.3 Å². The van der Waals surface area contributed by atoms with Crippen molar-refractivity contribution in [1.29, 1.82) is 0 Å². The van der Waals surface area contributed by atoms with Crippen molar-refractivity contribution in [3.8, 4) is 0 Å². The lowest BCUT2D eigenvalue weighted by Gasteiger charge is -2.11. The zero-order chi connectivity index (χ0) is 9.97. The lowest BCUT2D eigenvalue weighted by Crippen LogP contribution is -2.30. The summed E-state index contributed by atoms with van der Waals surface area (Å²) in [6.45, 7) is 2.89. The maximum absolute atomic E-state index is 13.1. The van der Waals surface area contributed by atoms with Gasteiger partial charge in [-0.05, 0) is 31.5 Å². The molecule has 0 aliphatic carbocycles. The number of nitrogens with zero attached hydrogens (tertiary/aromatic N) is 1. The quantitative estimate of drug-likeness (QED) is 0.823. The van der Waals surface area contributed by atoms with Crippen molar-refractivity contribution < 1.29 is 4.39 Å². The Morgan fingerprint density at radius 2 is 2.57 bits per heavy atom. The highest BCUT2D eigenvalue weighted by Crippen LogP contribution is 2.15. The first-order chi connectivity index (χ1) is 6.75. The van der Waals surface area contributed by atoms with E-state index in [1.165, 1.54) is 23.8 Å². The number of rotatable bonds is 3. The van der Waals surface area contributed by atoms with Crippen LogP contribution in [-0.2, 0) is 6.54 Å². The second kappa shape index (κ2) is 4.38. The summed E-state index contributed by atoms with van der Waals surface area (Å²) in [5.74, 6) is -0.0751. The third-order valence-electron chi connectivity index (χ3n) is 2.63. The van der Waals surface area contributed by atoms with Gasteiger partial charge in [0.25, 0.3) is 0 Å². The van der Waals surface area contributed by atoms with Gasteiger partial charge in [-0.3, -0.25) is 0 Å². The molecule has 1 aliphatic rings. The molecule has 2 rings (SSSR count). The maximum Gasteiger partial charge on any atom is 0.138 e. The summed E-state index contributed by atoms with van der Waals surface area (Å²) in [6.07, 6.45) is 1.17. The van der Waals surface area contributed by atoms with Gasteiger partial charge in [0.1, 0.15) is 5.82 Å². The van der Waals surface area contributed by atoms with Gasteiger partial charge in [0, 0.05) is 19.1 Å². The molecule has 0 amide bonds. The normalized spacial score (nSPS) is 23.1. The molecule has 0 spiro atoms. The van der Waals surface area contributed by atoms with Crippen LogP contribution in [-0.4, -0.2) is 31.1 Å². The van der Waals surface area contributed by atoms with Crippen LogP contribution in [0, 0.1) is 5.82 Å². The van der Waals surface area contributed by atoms with Crippen LogP contribution in [0.4, 0.5) is 4.39 Å². The topological polar surface area (TPSA) is 15.3 Å². The van der Waals surface area contributed by atoms with Crippen molar-refractivity contribution in [3.63, 3.8) is 0 Å². The monoisotopic (exact) mass is 214 g/mol. The molecule has 0 radical (unpaired) electrons. The lowest BCUT2D eigenvalue weighted by molar-refractivity contribution is 0.397. The minimum absolute atomic E-state index is 0.0751. The average molecular weight is 214 g/mol. The highest BCUT2D eigenvalue weighted by atomic mass is 32.1. The second-order valence-corrected chi connectivity index (χ2v) is 4.82. The molecule has 1 unspecified atom stereocenters. The minimum atomic E-state index is -0.0751. The van der Waals surface area contributed by atoms with Gasteiger partial charge >= 0.3 is 0 Å². The largest absolute Gasteiger partial charge is 0.308 e. The third kappa shape index (κ3) is 2.32. The molecule has 78 valence electrons. The number of likely N-dealkylation sites (N-methyl/N-ethyl adjacent to an activating group) is 1. The van der Waals surface area contributed by atoms with E-state index < -0.39 is 0 Å². The van der Waals surface area contributed by atoms with Crippen molar-refractivity contribution in [3.05, 3.63) is 22.1 Å². The van der Waals surface area contributed by atoms with E-state index in [2.05, 4.69) is 17.3 Å². The van der Waals surface area contributed by atoms with Crippen molar-refractivity contribution in [1.82, 2.24) is 10.2 Å². The molecule has 14 heavy (non-hydrogen) atoms. The van der Waals surface area contributed by atoms with E-state index in [4.69, 9.17) is 0 Å². The van der Waals surface area contributed by atoms with Gasteiger partial charge in [0.2, 0.25) is 0 Å². The number of likely N-dealkylation sites (tertiary alicyclic amines) is 1. The minimum Gasteiger partial charge on any atom is -0.308 e. The van der Waals surface area contributed by atoms with E-state index >= 15 is 0 Å². The Hall–Kier alpha value is -0.450. The molecule has 1 saturated heterocycles. The predicted molar refractivity (Wildman–Crippen MR) is 57.0 cm³/mol. The molecule has 1 fully saturated rings. The first kappa shape index (κ1) is 10.1. The van der Waals surface area contributed by atoms with E-state index in [0.29, 0.717) is 12.6 Å². The average Bonchev–Trinajstić information content (AvgIpc) is 2.72. The molecule has 1 N–H and O–H groups in total. The van der Waals surface area contributed by atoms with Crippen LogP contribution in [0.2, 0.25) is 0 Å². The van der Waals surface area contributed by atoms with Crippen LogP contribution < -0.4 is 5.32 Å². The molecule has 1 aromatic rings. The molecule has 2 heterocycles. The number of hydrogen-bond acceptors (Lipinski definition) is 3. The summed E-state index contributed by atoms with van der Waals surface area (Å²) in [5, 5.41) is 5.18. The van der Waals surface area contributed by atoms with Crippen LogP contribution in [0.25, 0.3) is 0 Å². The SMILES string of the molecule is CN1CCC(NCc2sccc2F)C1. The summed E-state index contributed by atoms with van der Waals surface area (Å²) in [4.78, 5) is 3.11. The summed E-state index contributed by atoms with van der Waals surface area (Å²) in [6, 6.07) is 2.06. The molecule has 0 aromatic carbocycles. The Morgan fingerprint density at radius 1 is 1.71 bits per heavy atom. The molecule has 0 bridgehead atoms. The molecule has 2 nitrogen and oxygen atoms in total. The number of halogens is 1. The number of hydrogen-bond donors (Lipinski definition) is 1. The van der Waals surface area contributed by atoms with E-state index in [0.717, 1.165) is 18.0 Å². The Morgan fingerprint density at radius 3 is 3.14 bits per heavy atom. The van der Waals surface area contributed by atoms with Gasteiger partial charge in [-0.1, -0.05) is 0 Å². The lowest BCUT2D eigenvalue weighted by atomic mass is 10.2. The highest BCUT2D eigenvalue weighted by Gasteiger charge is 2.18. The summed E-state index contributed by atoms with van der Waals surface area (Å²) < 4.78 is 13.1. The van der Waals surface area contributed by atoms with Crippen molar-refractivity contribution >= 4 is 11.3 Å². The van der Waals surface area contributed by atoms with Gasteiger partial charge in [-0.2, -0.15) is 0 Å². The Kier molecular flexibility index (Phi) is 3.15. The second-order valence-electron chi connectivity index (χ2n) is 3.82. The maximum atomic E-state index is 13.1. The zero-order valence-electron chi connectivity index (χ0n) is 8.29. The summed E-state index contributed by atoms with van der Waals surface area (Å²) in [7, 11) is 2.12. The fourth-order valence-corrected chi connectivity index (χ4v) is 2.49. The van der Waals surface area contributed by atoms with Gasteiger partial charge in [-0.25, -0.2) is 4.39 Å². The van der Waals surface area contributed by atoms with Crippen LogP contribution in [0.15, 0.2) is 11.4 Å². The molecular weight excluding hydrogens is 199 g/mol. The van der Waals surface area contributed by atoms with Gasteiger partial charge in [0.05, 0.1) is 4.88 Å². The van der Waals surface area contributed by atoms with Gasteiger partial charge in [0.15, 0.2) is 0 Å². The first-order valence-electron chi connectivity index (χ1n) is 4.89. The Labute approximate surface area is 87.7 Å². The van der Waals surface area contributed by atoms with Gasteiger partial charge in [-0.15, -0.1) is 11.3 Å². The Balaban J connectivity index is 1.80. The first-order valence-corrected chi connectivity index (χ1v) is 5.77. The van der Waals surface area contributed by atoms with Gasteiger partial charge < -0.3 is 10.2 Å². The Bertz CT molecular complexity index is 300. The molecular formula is C10H15FN2S. The van der Waals surface area contributed by atoms with E-state index in [-0.39, 0.29) is 5.82 Å². The molecule has 4 heteroatoms. The molecule has 1 aromatic heterocycles. The van der Waals surface area contributed by atoms with Crippen LogP contribution in [0.1, 0.15) is 11.3 Å². The standard InChI is InChI=1S/C10H15FN2S/c1-13-4-2-8(7-13)12-6-10-9(11)3-5-14-10/h3,5,8,12H,2,4,6-7H2,1H3. The number of nitrogens with one attached hydrogen (secondary N) is 1. The van der Waals surface area contributed by atoms with Crippen molar-refractivity contribution in [2.24, 2.45) is 0 Å². The smallest absolute Gasteiger partial charge is 0.138 e. The predicted octanol–water partition coefficient (Wildman–Crippen LogP) is 1.68. The molecule has 1 atom stereocenters. The van der Waals surface area contributed by atoms with E-state index in [1.54, 1.807) is 5.38 Å².